The first kappa shape index (κ1) is 10.3. The van der Waals surface area contributed by atoms with Crippen molar-refractivity contribution >= 4 is 6.09 Å². The van der Waals surface area contributed by atoms with Crippen molar-refractivity contribution in [2.24, 2.45) is 11.7 Å². The molecular formula is C9H18N2O2. The minimum atomic E-state index is -0.693. The molecule has 76 valence electrons. The maximum atomic E-state index is 10.2. The van der Waals surface area contributed by atoms with Crippen LogP contribution in [0.2, 0.25) is 0 Å². The number of primary amides is 1. The van der Waals surface area contributed by atoms with E-state index >= 15 is 0 Å². The van der Waals surface area contributed by atoms with Gasteiger partial charge in [-0.1, -0.05) is 6.92 Å². The monoisotopic (exact) mass is 186 g/mol. The van der Waals surface area contributed by atoms with Crippen molar-refractivity contribution < 1.29 is 9.53 Å². The van der Waals surface area contributed by atoms with Crippen LogP contribution in [0.5, 0.6) is 0 Å². The average molecular weight is 186 g/mol. The largest absolute Gasteiger partial charge is 0.448 e. The average Bonchev–Trinajstić information content (AvgIpc) is 2.87. The Kier molecular flexibility index (Phi) is 4.02. The molecule has 0 aromatic carbocycles. The standard InChI is InChI=1S/C9H18N2O2/c1-2-8(7-3-4-7)11-5-6-13-9(10)12/h7-8,11H,2-6H2,1H3,(H2,10,12). The molecule has 0 spiro atoms. The molecule has 13 heavy (non-hydrogen) atoms. The highest BCUT2D eigenvalue weighted by Gasteiger charge is 2.29. The van der Waals surface area contributed by atoms with E-state index in [2.05, 4.69) is 17.0 Å². The van der Waals surface area contributed by atoms with Gasteiger partial charge in [-0.3, -0.25) is 0 Å². The fourth-order valence-corrected chi connectivity index (χ4v) is 1.54. The van der Waals surface area contributed by atoms with Crippen LogP contribution in [0.1, 0.15) is 26.2 Å². The highest BCUT2D eigenvalue weighted by Crippen LogP contribution is 2.33. The molecule has 1 atom stereocenters. The summed E-state index contributed by atoms with van der Waals surface area (Å²) in [5.41, 5.74) is 4.83. The third-order valence-electron chi connectivity index (χ3n) is 2.38. The minimum Gasteiger partial charge on any atom is -0.448 e. The molecule has 4 heteroatoms. The Morgan fingerprint density at radius 3 is 2.85 bits per heavy atom. The molecule has 4 nitrogen and oxygen atoms in total. The number of carbonyl (C=O) groups excluding carboxylic acids is 1. The molecule has 0 heterocycles. The number of nitrogens with two attached hydrogens (primary N) is 1. The van der Waals surface area contributed by atoms with Gasteiger partial charge in [0.1, 0.15) is 6.61 Å². The van der Waals surface area contributed by atoms with Crippen LogP contribution >= 0.6 is 0 Å². The number of ether oxygens (including phenoxy) is 1. The number of amides is 1. The summed E-state index contributed by atoms with van der Waals surface area (Å²) in [6.45, 7) is 3.25. The topological polar surface area (TPSA) is 64.3 Å². The summed E-state index contributed by atoms with van der Waals surface area (Å²) in [6.07, 6.45) is 3.12. The summed E-state index contributed by atoms with van der Waals surface area (Å²) in [5.74, 6) is 0.846. The van der Waals surface area contributed by atoms with E-state index in [1.807, 2.05) is 0 Å². The molecule has 1 saturated carbocycles. The van der Waals surface area contributed by atoms with E-state index in [4.69, 9.17) is 5.73 Å². The van der Waals surface area contributed by atoms with E-state index < -0.39 is 6.09 Å². The second kappa shape index (κ2) is 5.07. The Bertz CT molecular complexity index is 169. The van der Waals surface area contributed by atoms with Gasteiger partial charge in [0.05, 0.1) is 0 Å². The Balaban J connectivity index is 1.99. The Labute approximate surface area is 78.8 Å². The van der Waals surface area contributed by atoms with Gasteiger partial charge in [-0.15, -0.1) is 0 Å². The molecule has 0 bridgehead atoms. The van der Waals surface area contributed by atoms with Crippen LogP contribution in [0.3, 0.4) is 0 Å². The summed E-state index contributed by atoms with van der Waals surface area (Å²) in [6, 6.07) is 0.594. The molecule has 1 rings (SSSR count). The highest BCUT2D eigenvalue weighted by molar-refractivity contribution is 5.64. The molecular weight excluding hydrogens is 168 g/mol. The molecule has 1 amide bonds. The van der Waals surface area contributed by atoms with Crippen LogP contribution in [0.25, 0.3) is 0 Å². The Hall–Kier alpha value is -0.770. The molecule has 3 N–H and O–H groups in total. The van der Waals surface area contributed by atoms with Gasteiger partial charge in [0.2, 0.25) is 0 Å². The lowest BCUT2D eigenvalue weighted by atomic mass is 10.1. The van der Waals surface area contributed by atoms with E-state index in [0.29, 0.717) is 19.2 Å². The van der Waals surface area contributed by atoms with Crippen LogP contribution in [-0.4, -0.2) is 25.3 Å². The Morgan fingerprint density at radius 2 is 2.38 bits per heavy atom. The smallest absolute Gasteiger partial charge is 0.404 e. The van der Waals surface area contributed by atoms with Crippen molar-refractivity contribution in [2.45, 2.75) is 32.2 Å². The lowest BCUT2D eigenvalue weighted by molar-refractivity contribution is 0.155. The van der Waals surface area contributed by atoms with Crippen molar-refractivity contribution in [3.8, 4) is 0 Å². The number of hydrogen-bond donors (Lipinski definition) is 2. The van der Waals surface area contributed by atoms with Crippen LogP contribution in [0, 0.1) is 5.92 Å². The zero-order valence-corrected chi connectivity index (χ0v) is 8.08. The highest BCUT2D eigenvalue weighted by atomic mass is 16.5. The SMILES string of the molecule is CCC(NCCOC(N)=O)C1CC1. The van der Waals surface area contributed by atoms with Crippen molar-refractivity contribution in [2.75, 3.05) is 13.2 Å². The first-order chi connectivity index (χ1) is 6.24. The number of nitrogens with one attached hydrogen (secondary N) is 1. The predicted molar refractivity (Wildman–Crippen MR) is 50.3 cm³/mol. The van der Waals surface area contributed by atoms with Crippen LogP contribution in [0.4, 0.5) is 4.79 Å². The van der Waals surface area contributed by atoms with Crippen LogP contribution in [0.15, 0.2) is 0 Å². The van der Waals surface area contributed by atoms with Gasteiger partial charge in [0.25, 0.3) is 0 Å². The van der Waals surface area contributed by atoms with Gasteiger partial charge in [-0.25, -0.2) is 4.79 Å². The normalized spacial score (nSPS) is 18.2. The summed E-state index contributed by atoms with van der Waals surface area (Å²) in [7, 11) is 0. The molecule has 0 radical (unpaired) electrons. The van der Waals surface area contributed by atoms with E-state index in [1.165, 1.54) is 12.8 Å². The van der Waals surface area contributed by atoms with Crippen molar-refractivity contribution in [1.29, 1.82) is 0 Å². The summed E-state index contributed by atoms with van der Waals surface area (Å²) < 4.78 is 4.61. The van der Waals surface area contributed by atoms with Gasteiger partial charge in [0, 0.05) is 12.6 Å². The molecule has 0 aromatic rings. The number of hydrogen-bond acceptors (Lipinski definition) is 3. The molecule has 0 aromatic heterocycles. The van der Waals surface area contributed by atoms with Crippen LogP contribution in [-0.2, 0) is 4.74 Å². The molecule has 1 aliphatic carbocycles. The minimum absolute atomic E-state index is 0.374. The van der Waals surface area contributed by atoms with E-state index in [9.17, 15) is 4.79 Å². The second-order valence-electron chi connectivity index (χ2n) is 3.47. The van der Waals surface area contributed by atoms with E-state index in [-0.39, 0.29) is 0 Å². The summed E-state index contributed by atoms with van der Waals surface area (Å²) in [5, 5.41) is 3.35. The first-order valence-electron chi connectivity index (χ1n) is 4.89. The fourth-order valence-electron chi connectivity index (χ4n) is 1.54. The molecule has 1 fully saturated rings. The lowest BCUT2D eigenvalue weighted by Gasteiger charge is -2.15. The number of rotatable bonds is 6. The quantitative estimate of drug-likeness (QED) is 0.605. The summed E-state index contributed by atoms with van der Waals surface area (Å²) in [4.78, 5) is 10.2. The van der Waals surface area contributed by atoms with Gasteiger partial charge < -0.3 is 15.8 Å². The van der Waals surface area contributed by atoms with Gasteiger partial charge in [-0.2, -0.15) is 0 Å². The molecule has 0 saturated heterocycles. The third kappa shape index (κ3) is 4.12. The third-order valence-corrected chi connectivity index (χ3v) is 2.38. The van der Waals surface area contributed by atoms with Gasteiger partial charge in [0.15, 0.2) is 0 Å². The molecule has 0 aliphatic heterocycles. The van der Waals surface area contributed by atoms with E-state index in [1.54, 1.807) is 0 Å². The lowest BCUT2D eigenvalue weighted by Crippen LogP contribution is -2.34. The summed E-state index contributed by atoms with van der Waals surface area (Å²) >= 11 is 0. The predicted octanol–water partition coefficient (Wildman–Crippen LogP) is 0.860. The maximum Gasteiger partial charge on any atom is 0.404 e. The molecule has 1 aliphatic rings. The van der Waals surface area contributed by atoms with Crippen LogP contribution < -0.4 is 11.1 Å². The number of carbonyl (C=O) groups is 1. The van der Waals surface area contributed by atoms with Gasteiger partial charge >= 0.3 is 6.09 Å². The fraction of sp³-hybridized carbons (Fsp3) is 0.889. The Morgan fingerprint density at radius 1 is 1.69 bits per heavy atom. The first-order valence-corrected chi connectivity index (χ1v) is 4.89. The zero-order chi connectivity index (χ0) is 9.68. The van der Waals surface area contributed by atoms with E-state index in [0.717, 1.165) is 12.3 Å². The second-order valence-corrected chi connectivity index (χ2v) is 3.47. The van der Waals surface area contributed by atoms with Crippen molar-refractivity contribution in [1.82, 2.24) is 5.32 Å². The maximum absolute atomic E-state index is 10.2. The van der Waals surface area contributed by atoms with Gasteiger partial charge in [-0.05, 0) is 25.2 Å². The van der Waals surface area contributed by atoms with Crippen molar-refractivity contribution in [3.05, 3.63) is 0 Å². The molecule has 1 unspecified atom stereocenters. The van der Waals surface area contributed by atoms with Crippen molar-refractivity contribution in [3.63, 3.8) is 0 Å². The zero-order valence-electron chi connectivity index (χ0n) is 8.08.